The lowest BCUT2D eigenvalue weighted by molar-refractivity contribution is -0.142. The number of thiazole rings is 1. The van der Waals surface area contributed by atoms with Crippen molar-refractivity contribution in [2.45, 2.75) is 85.4 Å². The summed E-state index contributed by atoms with van der Waals surface area (Å²) >= 11 is 1.56. The molecule has 2 aliphatic heterocycles. The number of benzene rings is 1. The SMILES string of the molecule is CC.Cc1ncsc1-c1ccc(C(CO)NC(=O)C2CC(O)CN2C(=O)C(C)C(C)C)c(OCCC2CCN(C)CC2)c1. The molecule has 4 unspecified atom stereocenters. The number of β-amino-alcohol motifs (C(OH)–C–C–N with tert-alkyl or cyclic N) is 1. The maximum Gasteiger partial charge on any atom is 0.243 e. The Morgan fingerprint density at radius 2 is 1.88 bits per heavy atom. The number of likely N-dealkylation sites (tertiary alicyclic amines) is 2. The zero-order valence-corrected chi connectivity index (χ0v) is 27.8. The lowest BCUT2D eigenvalue weighted by Gasteiger charge is -2.30. The second-order valence-corrected chi connectivity index (χ2v) is 12.9. The largest absolute Gasteiger partial charge is 0.493 e. The molecule has 0 radical (unpaired) electrons. The van der Waals surface area contributed by atoms with Crippen LogP contribution >= 0.6 is 11.3 Å². The van der Waals surface area contributed by atoms with Gasteiger partial charge in [0.1, 0.15) is 11.8 Å². The van der Waals surface area contributed by atoms with Gasteiger partial charge in [-0.3, -0.25) is 9.59 Å². The van der Waals surface area contributed by atoms with E-state index in [0.29, 0.717) is 23.8 Å². The average Bonchev–Trinajstić information content (AvgIpc) is 3.62. The minimum atomic E-state index is -0.791. The zero-order valence-electron chi connectivity index (χ0n) is 27.0. The molecular weight excluding hydrogens is 564 g/mol. The van der Waals surface area contributed by atoms with Crippen LogP contribution in [0, 0.1) is 24.7 Å². The Morgan fingerprint density at radius 3 is 2.49 bits per heavy atom. The molecule has 2 aliphatic rings. The Morgan fingerprint density at radius 1 is 1.19 bits per heavy atom. The van der Waals surface area contributed by atoms with Crippen LogP contribution in [0.1, 0.15) is 77.6 Å². The van der Waals surface area contributed by atoms with Crippen LogP contribution in [-0.4, -0.2) is 88.9 Å². The number of aromatic nitrogens is 1. The van der Waals surface area contributed by atoms with Crippen LogP contribution in [0.15, 0.2) is 23.7 Å². The molecule has 3 N–H and O–H groups in total. The molecule has 1 aromatic carbocycles. The summed E-state index contributed by atoms with van der Waals surface area (Å²) in [6, 6.07) is 4.32. The number of amides is 2. The van der Waals surface area contributed by atoms with E-state index in [2.05, 4.69) is 22.2 Å². The summed E-state index contributed by atoms with van der Waals surface area (Å²) in [5.41, 5.74) is 4.41. The van der Waals surface area contributed by atoms with E-state index in [1.165, 1.54) is 4.90 Å². The van der Waals surface area contributed by atoms with Gasteiger partial charge in [-0.05, 0) is 69.8 Å². The molecule has 0 aliphatic carbocycles. The molecule has 2 aromatic rings. The molecule has 2 amide bonds. The highest BCUT2D eigenvalue weighted by Crippen LogP contribution is 2.35. The number of carbonyl (C=O) groups excluding carboxylic acids is 2. The van der Waals surface area contributed by atoms with Gasteiger partial charge in [-0.2, -0.15) is 0 Å². The highest BCUT2D eigenvalue weighted by Gasteiger charge is 2.41. The maximum atomic E-state index is 13.5. The fraction of sp³-hybridized carbons (Fsp3) is 0.667. The number of nitrogens with one attached hydrogen (secondary N) is 1. The molecule has 9 nitrogen and oxygen atoms in total. The second kappa shape index (κ2) is 16.5. The van der Waals surface area contributed by atoms with Gasteiger partial charge in [0.15, 0.2) is 0 Å². The van der Waals surface area contributed by atoms with Crippen molar-refractivity contribution >= 4 is 23.2 Å². The molecule has 240 valence electrons. The van der Waals surface area contributed by atoms with E-state index in [0.717, 1.165) is 48.5 Å². The van der Waals surface area contributed by atoms with Gasteiger partial charge in [-0.1, -0.05) is 46.8 Å². The summed E-state index contributed by atoms with van der Waals surface area (Å²) in [5, 5.41) is 23.7. The summed E-state index contributed by atoms with van der Waals surface area (Å²) in [6.07, 6.45) is 2.66. The number of piperidine rings is 1. The normalized spacial score (nSPS) is 20.8. The fourth-order valence-corrected chi connectivity index (χ4v) is 6.50. The van der Waals surface area contributed by atoms with Crippen LogP contribution in [0.25, 0.3) is 10.4 Å². The Bertz CT molecular complexity index is 1180. The first-order valence-corrected chi connectivity index (χ1v) is 16.7. The Balaban J connectivity index is 0.00000248. The second-order valence-electron chi connectivity index (χ2n) is 12.1. The summed E-state index contributed by atoms with van der Waals surface area (Å²) in [4.78, 5) is 35.9. The number of hydrogen-bond donors (Lipinski definition) is 3. The fourth-order valence-electron chi connectivity index (χ4n) is 5.70. The quantitative estimate of drug-likeness (QED) is 0.337. The van der Waals surface area contributed by atoms with E-state index in [-0.39, 0.29) is 43.2 Å². The van der Waals surface area contributed by atoms with Crippen molar-refractivity contribution in [3.05, 3.63) is 35.0 Å². The Hall–Kier alpha value is -2.53. The van der Waals surface area contributed by atoms with Gasteiger partial charge in [-0.25, -0.2) is 4.98 Å². The first-order valence-electron chi connectivity index (χ1n) is 15.8. The lowest BCUT2D eigenvalue weighted by Crippen LogP contribution is -2.49. The predicted molar refractivity (Wildman–Crippen MR) is 172 cm³/mol. The van der Waals surface area contributed by atoms with Crippen molar-refractivity contribution in [2.24, 2.45) is 17.8 Å². The van der Waals surface area contributed by atoms with E-state index in [9.17, 15) is 19.8 Å². The van der Waals surface area contributed by atoms with Crippen molar-refractivity contribution in [1.29, 1.82) is 0 Å². The first-order chi connectivity index (χ1) is 20.6. The average molecular weight is 617 g/mol. The summed E-state index contributed by atoms with van der Waals surface area (Å²) in [5.74, 6) is 0.556. The molecule has 2 saturated heterocycles. The number of ether oxygens (including phenoxy) is 1. The predicted octanol–water partition coefficient (Wildman–Crippen LogP) is 4.66. The van der Waals surface area contributed by atoms with Gasteiger partial charge in [0.25, 0.3) is 0 Å². The van der Waals surface area contributed by atoms with Crippen molar-refractivity contribution in [1.82, 2.24) is 20.1 Å². The third-order valence-corrected chi connectivity index (χ3v) is 9.75. The van der Waals surface area contributed by atoms with Crippen molar-refractivity contribution in [3.8, 4) is 16.2 Å². The highest BCUT2D eigenvalue weighted by molar-refractivity contribution is 7.13. The summed E-state index contributed by atoms with van der Waals surface area (Å²) < 4.78 is 6.37. The molecule has 10 heteroatoms. The number of carbonyl (C=O) groups is 2. The van der Waals surface area contributed by atoms with Crippen molar-refractivity contribution < 1.29 is 24.5 Å². The van der Waals surface area contributed by atoms with Crippen molar-refractivity contribution in [3.63, 3.8) is 0 Å². The van der Waals surface area contributed by atoms with Crippen LogP contribution in [0.2, 0.25) is 0 Å². The summed E-state index contributed by atoms with van der Waals surface area (Å²) in [7, 11) is 2.15. The third kappa shape index (κ3) is 9.00. The Labute approximate surface area is 261 Å². The van der Waals surface area contributed by atoms with Crippen LogP contribution < -0.4 is 10.1 Å². The minimum Gasteiger partial charge on any atom is -0.493 e. The number of hydrogen-bond acceptors (Lipinski definition) is 8. The van der Waals surface area contributed by atoms with Crippen molar-refractivity contribution in [2.75, 3.05) is 39.9 Å². The molecule has 2 fully saturated rings. The molecule has 43 heavy (non-hydrogen) atoms. The molecule has 3 heterocycles. The number of aryl methyl sites for hydroxylation is 1. The maximum absolute atomic E-state index is 13.5. The number of aliphatic hydroxyl groups excluding tert-OH is 2. The van der Waals surface area contributed by atoms with Gasteiger partial charge < -0.3 is 30.1 Å². The van der Waals surface area contributed by atoms with Crippen LogP contribution in [0.4, 0.5) is 0 Å². The van der Waals surface area contributed by atoms with Crippen LogP contribution in [0.3, 0.4) is 0 Å². The minimum absolute atomic E-state index is 0.115. The monoisotopic (exact) mass is 616 g/mol. The third-order valence-electron chi connectivity index (χ3n) is 8.77. The molecule has 1 aromatic heterocycles. The first kappa shape index (κ1) is 35.0. The number of rotatable bonds is 11. The van der Waals surface area contributed by atoms with E-state index in [1.54, 1.807) is 11.3 Å². The van der Waals surface area contributed by atoms with E-state index in [1.807, 2.05) is 65.3 Å². The van der Waals surface area contributed by atoms with Crippen LogP contribution in [-0.2, 0) is 9.59 Å². The highest BCUT2D eigenvalue weighted by atomic mass is 32.1. The van der Waals surface area contributed by atoms with E-state index in [4.69, 9.17) is 4.74 Å². The van der Waals surface area contributed by atoms with Gasteiger partial charge >= 0.3 is 0 Å². The molecular formula is C33H52N4O5S. The standard InChI is InChI=1S/C31H46N4O5S.C2H6/c1-19(2)20(3)31(39)35-16-24(37)15-27(35)30(38)33-26(17-36)25-7-6-23(29-21(4)32-18-41-29)14-28(25)40-13-10-22-8-11-34(5)12-9-22;1-2/h6-7,14,18-20,22,24,26-27,36-37H,8-13,15-17H2,1-5H3,(H,33,38);1-2H3. The van der Waals surface area contributed by atoms with Gasteiger partial charge in [-0.15, -0.1) is 11.3 Å². The van der Waals surface area contributed by atoms with Gasteiger partial charge in [0, 0.05) is 24.4 Å². The topological polar surface area (TPSA) is 115 Å². The molecule has 4 atom stereocenters. The lowest BCUT2D eigenvalue weighted by atomic mass is 9.94. The summed E-state index contributed by atoms with van der Waals surface area (Å²) in [6.45, 7) is 14.3. The molecule has 0 bridgehead atoms. The zero-order chi connectivity index (χ0) is 31.7. The van der Waals surface area contributed by atoms with Gasteiger partial charge in [0.2, 0.25) is 11.8 Å². The van der Waals surface area contributed by atoms with Crippen LogP contribution in [0.5, 0.6) is 5.75 Å². The molecule has 0 saturated carbocycles. The number of nitrogens with zero attached hydrogens (tertiary/aromatic N) is 3. The smallest absolute Gasteiger partial charge is 0.243 e. The molecule has 4 rings (SSSR count). The number of aliphatic hydroxyl groups is 2. The van der Waals surface area contributed by atoms with E-state index >= 15 is 0 Å². The Kier molecular flexibility index (Phi) is 13.4. The molecule has 0 spiro atoms. The van der Waals surface area contributed by atoms with Gasteiger partial charge in [0.05, 0.1) is 41.4 Å². The van der Waals surface area contributed by atoms with E-state index < -0.39 is 18.2 Å².